The van der Waals surface area contributed by atoms with E-state index in [0.717, 1.165) is 26.9 Å². The van der Waals surface area contributed by atoms with Crippen LogP contribution in [0.25, 0.3) is 0 Å². The predicted molar refractivity (Wildman–Crippen MR) is 99.9 cm³/mol. The summed E-state index contributed by atoms with van der Waals surface area (Å²) in [5.74, 6) is -0.103. The Kier molecular flexibility index (Phi) is 6.58. The second-order valence-electron chi connectivity index (χ2n) is 5.58. The number of methoxy groups -OCH3 is 1. The fraction of sp³-hybridized carbons (Fsp3) is 0.263. The first-order chi connectivity index (χ1) is 11.9. The average Bonchev–Trinajstić information content (AvgIpc) is 2.61. The molecule has 0 bridgehead atoms. The Hall–Kier alpha value is -2.34. The molecule has 0 aliphatic rings. The monoisotopic (exact) mass is 405 g/mol. The van der Waals surface area contributed by atoms with Crippen LogP contribution in [0.5, 0.6) is 5.75 Å². The molecule has 1 amide bonds. The summed E-state index contributed by atoms with van der Waals surface area (Å²) in [5, 5.41) is 2.76. The number of halogens is 1. The first kappa shape index (κ1) is 19.0. The van der Waals surface area contributed by atoms with Gasteiger partial charge in [0, 0.05) is 10.2 Å². The number of nitrogens with one attached hydrogen (secondary N) is 1. The van der Waals surface area contributed by atoms with Crippen molar-refractivity contribution < 1.29 is 19.1 Å². The van der Waals surface area contributed by atoms with E-state index in [2.05, 4.69) is 21.2 Å². The van der Waals surface area contributed by atoms with Crippen LogP contribution in [0.15, 0.2) is 40.9 Å². The third-order valence-electron chi connectivity index (χ3n) is 3.87. The van der Waals surface area contributed by atoms with Crippen molar-refractivity contribution in [2.24, 2.45) is 0 Å². The lowest BCUT2D eigenvalue weighted by molar-refractivity contribution is -0.146. The van der Waals surface area contributed by atoms with Crippen LogP contribution in [0, 0.1) is 13.8 Å². The zero-order valence-electron chi connectivity index (χ0n) is 14.4. The van der Waals surface area contributed by atoms with Crippen LogP contribution < -0.4 is 10.1 Å². The van der Waals surface area contributed by atoms with Gasteiger partial charge in [0.25, 0.3) is 5.91 Å². The summed E-state index contributed by atoms with van der Waals surface area (Å²) in [7, 11) is 1.58. The summed E-state index contributed by atoms with van der Waals surface area (Å²) in [6, 6.07) is 10.8. The number of hydrogen-bond acceptors (Lipinski definition) is 4. The van der Waals surface area contributed by atoms with Crippen molar-refractivity contribution in [2.75, 3.05) is 19.0 Å². The number of amides is 1. The quantitative estimate of drug-likeness (QED) is 0.742. The minimum atomic E-state index is -0.455. The first-order valence-electron chi connectivity index (χ1n) is 7.75. The van der Waals surface area contributed by atoms with E-state index in [9.17, 15) is 9.59 Å². The lowest BCUT2D eigenvalue weighted by Gasteiger charge is -2.12. The van der Waals surface area contributed by atoms with Gasteiger partial charge in [-0.3, -0.25) is 9.59 Å². The van der Waals surface area contributed by atoms with Crippen molar-refractivity contribution in [3.63, 3.8) is 0 Å². The zero-order chi connectivity index (χ0) is 18.4. The molecule has 0 saturated carbocycles. The highest BCUT2D eigenvalue weighted by Gasteiger charge is 2.11. The van der Waals surface area contributed by atoms with Crippen molar-refractivity contribution in [1.29, 1.82) is 0 Å². The summed E-state index contributed by atoms with van der Waals surface area (Å²) in [6.45, 7) is 3.57. The molecular weight excluding hydrogens is 386 g/mol. The van der Waals surface area contributed by atoms with Gasteiger partial charge in [-0.2, -0.15) is 0 Å². The molecule has 0 fully saturated rings. The predicted octanol–water partition coefficient (Wildman–Crippen LogP) is 3.80. The maximum Gasteiger partial charge on any atom is 0.310 e. The van der Waals surface area contributed by atoms with Crippen molar-refractivity contribution in [3.8, 4) is 5.75 Å². The van der Waals surface area contributed by atoms with E-state index in [4.69, 9.17) is 9.47 Å². The molecule has 5 nitrogen and oxygen atoms in total. The number of hydrogen-bond donors (Lipinski definition) is 1. The second kappa shape index (κ2) is 8.67. The number of benzene rings is 2. The normalized spacial score (nSPS) is 10.2. The summed E-state index contributed by atoms with van der Waals surface area (Å²) >= 11 is 3.45. The smallest absolute Gasteiger partial charge is 0.310 e. The molecule has 1 N–H and O–H groups in total. The van der Waals surface area contributed by atoms with Crippen molar-refractivity contribution in [2.45, 2.75) is 20.3 Å². The molecule has 0 aliphatic heterocycles. The number of carbonyl (C=O) groups excluding carboxylic acids is 2. The molecule has 2 aromatic rings. The third kappa shape index (κ3) is 5.32. The Bertz CT molecular complexity index is 772. The summed E-state index contributed by atoms with van der Waals surface area (Å²) < 4.78 is 11.1. The molecule has 0 saturated heterocycles. The molecule has 2 aromatic carbocycles. The topological polar surface area (TPSA) is 64.6 Å². The number of rotatable bonds is 6. The Morgan fingerprint density at radius 3 is 2.36 bits per heavy atom. The Morgan fingerprint density at radius 2 is 1.72 bits per heavy atom. The Balaban J connectivity index is 1.85. The fourth-order valence-electron chi connectivity index (χ4n) is 2.22. The van der Waals surface area contributed by atoms with E-state index in [-0.39, 0.29) is 18.9 Å². The highest BCUT2D eigenvalue weighted by molar-refractivity contribution is 9.10. The van der Waals surface area contributed by atoms with E-state index in [1.165, 1.54) is 0 Å². The van der Waals surface area contributed by atoms with Crippen LogP contribution in [-0.4, -0.2) is 25.6 Å². The second-order valence-corrected chi connectivity index (χ2v) is 6.43. The van der Waals surface area contributed by atoms with E-state index in [1.54, 1.807) is 31.4 Å². The van der Waals surface area contributed by atoms with E-state index < -0.39 is 5.97 Å². The molecule has 6 heteroatoms. The minimum absolute atomic E-state index is 0.105. The SMILES string of the molecule is COc1ccc(CC(=O)OCC(=O)Nc2ccc(Br)c(C)c2C)cc1. The molecule has 25 heavy (non-hydrogen) atoms. The van der Waals surface area contributed by atoms with Crippen molar-refractivity contribution in [3.05, 3.63) is 57.6 Å². The number of esters is 1. The van der Waals surface area contributed by atoms with E-state index in [1.807, 2.05) is 26.0 Å². The fourth-order valence-corrected chi connectivity index (χ4v) is 2.65. The van der Waals surface area contributed by atoms with E-state index >= 15 is 0 Å². The molecule has 0 atom stereocenters. The highest BCUT2D eigenvalue weighted by atomic mass is 79.9. The maximum absolute atomic E-state index is 12.0. The van der Waals surface area contributed by atoms with E-state index in [0.29, 0.717) is 5.69 Å². The van der Waals surface area contributed by atoms with Gasteiger partial charge in [-0.05, 0) is 54.8 Å². The number of anilines is 1. The Labute approximate surface area is 155 Å². The number of ether oxygens (including phenoxy) is 2. The van der Waals surface area contributed by atoms with Crippen molar-refractivity contribution in [1.82, 2.24) is 0 Å². The summed E-state index contributed by atoms with van der Waals surface area (Å²) in [6.07, 6.45) is 0.105. The van der Waals surface area contributed by atoms with Crippen LogP contribution >= 0.6 is 15.9 Å². The van der Waals surface area contributed by atoms with Crippen LogP contribution in [0.3, 0.4) is 0 Å². The molecule has 132 valence electrons. The van der Waals surface area contributed by atoms with Gasteiger partial charge in [-0.25, -0.2) is 0 Å². The van der Waals surface area contributed by atoms with Crippen LogP contribution in [0.4, 0.5) is 5.69 Å². The maximum atomic E-state index is 12.0. The summed E-state index contributed by atoms with van der Waals surface area (Å²) in [4.78, 5) is 23.8. The molecule has 0 unspecified atom stereocenters. The van der Waals surface area contributed by atoms with Gasteiger partial charge in [0.05, 0.1) is 13.5 Å². The Morgan fingerprint density at radius 1 is 1.04 bits per heavy atom. The van der Waals surface area contributed by atoms with Gasteiger partial charge in [0.1, 0.15) is 5.75 Å². The molecular formula is C19H20BrNO4. The molecule has 0 aromatic heterocycles. The minimum Gasteiger partial charge on any atom is -0.497 e. The van der Waals surface area contributed by atoms with Gasteiger partial charge in [0.2, 0.25) is 0 Å². The van der Waals surface area contributed by atoms with Gasteiger partial charge in [-0.1, -0.05) is 28.1 Å². The van der Waals surface area contributed by atoms with Gasteiger partial charge >= 0.3 is 5.97 Å². The van der Waals surface area contributed by atoms with Crippen molar-refractivity contribution >= 4 is 33.5 Å². The van der Waals surface area contributed by atoms with Crippen LogP contribution in [0.2, 0.25) is 0 Å². The zero-order valence-corrected chi connectivity index (χ0v) is 16.0. The lowest BCUT2D eigenvalue weighted by atomic mass is 10.1. The average molecular weight is 406 g/mol. The number of carbonyl (C=O) groups is 2. The highest BCUT2D eigenvalue weighted by Crippen LogP contribution is 2.25. The molecule has 2 rings (SSSR count). The van der Waals surface area contributed by atoms with Gasteiger partial charge in [-0.15, -0.1) is 0 Å². The van der Waals surface area contributed by atoms with Crippen LogP contribution in [-0.2, 0) is 20.7 Å². The summed E-state index contributed by atoms with van der Waals surface area (Å²) in [5.41, 5.74) is 3.52. The molecule has 0 radical (unpaired) electrons. The molecule has 0 aliphatic carbocycles. The largest absolute Gasteiger partial charge is 0.497 e. The first-order valence-corrected chi connectivity index (χ1v) is 8.54. The van der Waals surface area contributed by atoms with Crippen LogP contribution in [0.1, 0.15) is 16.7 Å². The third-order valence-corrected chi connectivity index (χ3v) is 4.73. The van der Waals surface area contributed by atoms with Gasteiger partial charge < -0.3 is 14.8 Å². The lowest BCUT2D eigenvalue weighted by Crippen LogP contribution is -2.22. The molecule has 0 heterocycles. The molecule has 0 spiro atoms. The standard InChI is InChI=1S/C19H20BrNO4/c1-12-13(2)17(9-8-16(12)20)21-18(22)11-25-19(23)10-14-4-6-15(24-3)7-5-14/h4-9H,10-11H2,1-3H3,(H,21,22). The van der Waals surface area contributed by atoms with Gasteiger partial charge in [0.15, 0.2) is 6.61 Å².